The van der Waals surface area contributed by atoms with Crippen molar-refractivity contribution >= 4 is 22.7 Å². The van der Waals surface area contributed by atoms with Gasteiger partial charge in [0.2, 0.25) is 0 Å². The summed E-state index contributed by atoms with van der Waals surface area (Å²) in [6.07, 6.45) is 0. The predicted molar refractivity (Wildman–Crippen MR) is 112 cm³/mol. The van der Waals surface area contributed by atoms with Gasteiger partial charge < -0.3 is 9.88 Å². The lowest BCUT2D eigenvalue weighted by Crippen LogP contribution is -2.43. The second-order valence-electron chi connectivity index (χ2n) is 7.31. The Bertz CT molecular complexity index is 861. The number of H-pyrrole nitrogens is 1. The molecule has 0 spiro atoms. The van der Waals surface area contributed by atoms with E-state index in [1.54, 1.807) is 0 Å². The molecule has 2 aromatic carbocycles. The molecule has 3 aromatic rings. The molecule has 4 rings (SSSR count). The zero-order valence-corrected chi connectivity index (χ0v) is 16.5. The van der Waals surface area contributed by atoms with E-state index in [0.717, 1.165) is 38.5 Å². The van der Waals surface area contributed by atoms with Crippen LogP contribution in [0, 0.1) is 6.92 Å². The van der Waals surface area contributed by atoms with Crippen LogP contribution in [-0.4, -0.2) is 48.0 Å². The van der Waals surface area contributed by atoms with E-state index in [-0.39, 0.29) is 0 Å². The van der Waals surface area contributed by atoms with Gasteiger partial charge >= 0.3 is 0 Å². The van der Waals surface area contributed by atoms with Crippen LogP contribution < -0.4 is 0 Å². The molecular formula is C22H27N3S. The molecule has 0 saturated carbocycles. The van der Waals surface area contributed by atoms with E-state index in [1.807, 2.05) is 11.8 Å². The second-order valence-corrected chi connectivity index (χ2v) is 8.36. The third-order valence-corrected chi connectivity index (χ3v) is 6.32. The minimum absolute atomic E-state index is 0.987. The fourth-order valence-corrected chi connectivity index (χ4v) is 4.47. The molecule has 0 radical (unpaired) electrons. The number of piperazine rings is 1. The van der Waals surface area contributed by atoms with E-state index >= 15 is 0 Å². The van der Waals surface area contributed by atoms with Gasteiger partial charge in [-0.2, -0.15) is 0 Å². The number of aromatic nitrogens is 1. The second kappa shape index (κ2) is 7.87. The first-order valence-electron chi connectivity index (χ1n) is 9.38. The number of para-hydroxylation sites is 1. The normalized spacial score (nSPS) is 16.4. The first kappa shape index (κ1) is 17.7. The number of aryl methyl sites for hydroxylation is 1. The van der Waals surface area contributed by atoms with Crippen molar-refractivity contribution in [3.63, 3.8) is 0 Å². The minimum atomic E-state index is 0.987. The smallest absolute Gasteiger partial charge is 0.0459 e. The first-order chi connectivity index (χ1) is 12.7. The lowest BCUT2D eigenvalue weighted by atomic mass is 10.1. The number of benzene rings is 2. The van der Waals surface area contributed by atoms with Crippen LogP contribution in [0.3, 0.4) is 0 Å². The predicted octanol–water partition coefficient (Wildman–Crippen LogP) is 4.52. The summed E-state index contributed by atoms with van der Waals surface area (Å²) in [5.74, 6) is 0.987. The van der Waals surface area contributed by atoms with Crippen LogP contribution in [0.25, 0.3) is 10.9 Å². The summed E-state index contributed by atoms with van der Waals surface area (Å²) in [5.41, 5.74) is 5.42. The van der Waals surface area contributed by atoms with Crippen molar-refractivity contribution in [3.8, 4) is 0 Å². The number of rotatable bonds is 5. The zero-order valence-electron chi connectivity index (χ0n) is 15.7. The maximum Gasteiger partial charge on any atom is 0.0459 e. The summed E-state index contributed by atoms with van der Waals surface area (Å²) in [4.78, 5) is 10.0. The van der Waals surface area contributed by atoms with Crippen molar-refractivity contribution in [1.29, 1.82) is 0 Å². The van der Waals surface area contributed by atoms with Crippen LogP contribution in [0.2, 0.25) is 0 Å². The molecule has 4 heteroatoms. The fraction of sp³-hybridized carbons (Fsp3) is 0.364. The van der Waals surface area contributed by atoms with Gasteiger partial charge in [0.1, 0.15) is 0 Å². The van der Waals surface area contributed by atoms with Gasteiger partial charge in [-0.25, -0.2) is 0 Å². The van der Waals surface area contributed by atoms with Gasteiger partial charge in [0.05, 0.1) is 0 Å². The summed E-state index contributed by atoms with van der Waals surface area (Å²) >= 11 is 1.92. The van der Waals surface area contributed by atoms with Crippen LogP contribution in [0.15, 0.2) is 53.4 Å². The third-order valence-electron chi connectivity index (χ3n) is 5.28. The summed E-state index contributed by atoms with van der Waals surface area (Å²) in [6, 6.07) is 17.6. The lowest BCUT2D eigenvalue weighted by Gasteiger charge is -2.32. The zero-order chi connectivity index (χ0) is 17.9. The Morgan fingerprint density at radius 2 is 1.69 bits per heavy atom. The van der Waals surface area contributed by atoms with Gasteiger partial charge in [0, 0.05) is 60.0 Å². The highest BCUT2D eigenvalue weighted by Crippen LogP contribution is 2.30. The monoisotopic (exact) mass is 365 g/mol. The summed E-state index contributed by atoms with van der Waals surface area (Å²) in [5, 5.41) is 1.38. The fourth-order valence-electron chi connectivity index (χ4n) is 3.58. The molecule has 3 nitrogen and oxygen atoms in total. The SMILES string of the molecule is Cc1ccc(SCc2[nH]c3ccccc3c2CN2CCN(C)CC2)cc1. The van der Waals surface area contributed by atoms with Crippen molar-refractivity contribution < 1.29 is 0 Å². The number of nitrogens with one attached hydrogen (secondary N) is 1. The topological polar surface area (TPSA) is 22.3 Å². The van der Waals surface area contributed by atoms with E-state index in [9.17, 15) is 0 Å². The quantitative estimate of drug-likeness (QED) is 0.672. The number of thioether (sulfide) groups is 1. The standard InChI is InChI=1S/C22H27N3S/c1-17-7-9-18(10-8-17)26-16-22-20(15-25-13-11-24(2)12-14-25)19-5-3-4-6-21(19)23-22/h3-10,23H,11-16H2,1-2H3. The average Bonchev–Trinajstić information content (AvgIpc) is 3.01. The van der Waals surface area contributed by atoms with Crippen LogP contribution in [0.4, 0.5) is 0 Å². The van der Waals surface area contributed by atoms with E-state index in [2.05, 4.69) is 77.3 Å². The van der Waals surface area contributed by atoms with Crippen molar-refractivity contribution in [3.05, 3.63) is 65.4 Å². The number of hydrogen-bond acceptors (Lipinski definition) is 3. The van der Waals surface area contributed by atoms with Crippen LogP contribution in [0.5, 0.6) is 0 Å². The van der Waals surface area contributed by atoms with Crippen molar-refractivity contribution in [2.24, 2.45) is 0 Å². The Labute approximate surface area is 160 Å². The molecule has 0 atom stereocenters. The molecule has 1 aromatic heterocycles. The molecule has 1 aliphatic heterocycles. The Morgan fingerprint density at radius 3 is 2.46 bits per heavy atom. The van der Waals surface area contributed by atoms with Gasteiger partial charge in [-0.15, -0.1) is 11.8 Å². The maximum absolute atomic E-state index is 3.69. The number of aromatic amines is 1. The highest BCUT2D eigenvalue weighted by atomic mass is 32.2. The summed E-state index contributed by atoms with van der Waals surface area (Å²) in [6.45, 7) is 7.81. The molecule has 2 heterocycles. The van der Waals surface area contributed by atoms with E-state index in [1.165, 1.54) is 32.6 Å². The van der Waals surface area contributed by atoms with Crippen LogP contribution >= 0.6 is 11.8 Å². The molecule has 0 unspecified atom stereocenters. The van der Waals surface area contributed by atoms with E-state index in [4.69, 9.17) is 0 Å². The molecule has 1 aliphatic rings. The Morgan fingerprint density at radius 1 is 0.962 bits per heavy atom. The van der Waals surface area contributed by atoms with Gasteiger partial charge in [0.15, 0.2) is 0 Å². The lowest BCUT2D eigenvalue weighted by molar-refractivity contribution is 0.148. The Hall–Kier alpha value is -1.75. The van der Waals surface area contributed by atoms with Crippen molar-refractivity contribution in [2.75, 3.05) is 33.2 Å². The molecule has 136 valence electrons. The van der Waals surface area contributed by atoms with Gasteiger partial charge in [0.25, 0.3) is 0 Å². The molecule has 0 aliphatic carbocycles. The molecule has 1 saturated heterocycles. The molecule has 1 fully saturated rings. The van der Waals surface area contributed by atoms with E-state index < -0.39 is 0 Å². The number of fused-ring (bicyclic) bond motifs is 1. The summed E-state index contributed by atoms with van der Waals surface area (Å²) < 4.78 is 0. The summed E-state index contributed by atoms with van der Waals surface area (Å²) in [7, 11) is 2.21. The minimum Gasteiger partial charge on any atom is -0.357 e. The highest BCUT2D eigenvalue weighted by molar-refractivity contribution is 7.98. The number of hydrogen-bond donors (Lipinski definition) is 1. The third kappa shape index (κ3) is 3.98. The van der Waals surface area contributed by atoms with Crippen LogP contribution in [-0.2, 0) is 12.3 Å². The number of likely N-dealkylation sites (N-methyl/N-ethyl adjacent to an activating group) is 1. The average molecular weight is 366 g/mol. The first-order valence-corrected chi connectivity index (χ1v) is 10.4. The molecule has 1 N–H and O–H groups in total. The van der Waals surface area contributed by atoms with Gasteiger partial charge in [-0.1, -0.05) is 35.9 Å². The number of nitrogens with zero attached hydrogens (tertiary/aromatic N) is 2. The molecule has 26 heavy (non-hydrogen) atoms. The van der Waals surface area contributed by atoms with Gasteiger partial charge in [-0.05, 0) is 37.7 Å². The maximum atomic E-state index is 3.69. The Kier molecular flexibility index (Phi) is 5.34. The van der Waals surface area contributed by atoms with Gasteiger partial charge in [-0.3, -0.25) is 4.90 Å². The van der Waals surface area contributed by atoms with Crippen molar-refractivity contribution in [2.45, 2.75) is 24.1 Å². The molecule has 0 amide bonds. The van der Waals surface area contributed by atoms with E-state index in [0.29, 0.717) is 0 Å². The molecular weight excluding hydrogens is 338 g/mol. The van der Waals surface area contributed by atoms with Crippen LogP contribution in [0.1, 0.15) is 16.8 Å². The Balaban J connectivity index is 1.56. The molecule has 0 bridgehead atoms. The van der Waals surface area contributed by atoms with Crippen molar-refractivity contribution in [1.82, 2.24) is 14.8 Å². The highest BCUT2D eigenvalue weighted by Gasteiger charge is 2.18. The largest absolute Gasteiger partial charge is 0.357 e.